The van der Waals surface area contributed by atoms with E-state index in [1.807, 2.05) is 0 Å². The first-order valence-corrected chi connectivity index (χ1v) is 5.35. The van der Waals surface area contributed by atoms with Crippen LogP contribution in [0.1, 0.15) is 44.9 Å². The summed E-state index contributed by atoms with van der Waals surface area (Å²) >= 11 is 0. The van der Waals surface area contributed by atoms with E-state index in [1.165, 1.54) is 0 Å². The van der Waals surface area contributed by atoms with E-state index in [9.17, 15) is 18.3 Å². The van der Waals surface area contributed by atoms with Crippen molar-refractivity contribution in [2.24, 2.45) is 5.73 Å². The largest absolute Gasteiger partial charge is 0.390 e. The van der Waals surface area contributed by atoms with Crippen LogP contribution in [-0.2, 0) is 0 Å². The average Bonchev–Trinajstić information content (AvgIpc) is 2.09. The standard InChI is InChI=1S/C10H18F3NO/c11-10(12,13)5-1-4-9(15)6-2-8(14)3-7-9/h8,15H,1-7,14H2. The summed E-state index contributed by atoms with van der Waals surface area (Å²) in [6, 6.07) is 0.105. The fourth-order valence-corrected chi connectivity index (χ4v) is 2.05. The van der Waals surface area contributed by atoms with Crippen LogP contribution in [0.15, 0.2) is 0 Å². The van der Waals surface area contributed by atoms with Crippen molar-refractivity contribution in [1.29, 1.82) is 0 Å². The van der Waals surface area contributed by atoms with Gasteiger partial charge in [-0.2, -0.15) is 13.2 Å². The molecule has 0 spiro atoms. The van der Waals surface area contributed by atoms with Gasteiger partial charge in [-0.05, 0) is 38.5 Å². The molecule has 1 aliphatic carbocycles. The van der Waals surface area contributed by atoms with Crippen LogP contribution >= 0.6 is 0 Å². The molecule has 0 heterocycles. The highest BCUT2D eigenvalue weighted by Crippen LogP contribution is 2.33. The summed E-state index contributed by atoms with van der Waals surface area (Å²) < 4.78 is 35.7. The highest BCUT2D eigenvalue weighted by Gasteiger charge is 2.33. The average molecular weight is 225 g/mol. The summed E-state index contributed by atoms with van der Waals surface area (Å²) in [7, 11) is 0. The van der Waals surface area contributed by atoms with E-state index >= 15 is 0 Å². The monoisotopic (exact) mass is 225 g/mol. The maximum atomic E-state index is 11.9. The van der Waals surface area contributed by atoms with Crippen LogP contribution in [0.3, 0.4) is 0 Å². The highest BCUT2D eigenvalue weighted by molar-refractivity contribution is 4.86. The summed E-state index contributed by atoms with van der Waals surface area (Å²) in [5.74, 6) is 0. The Hall–Kier alpha value is -0.290. The molecule has 2 nitrogen and oxygen atoms in total. The van der Waals surface area contributed by atoms with Crippen molar-refractivity contribution < 1.29 is 18.3 Å². The minimum Gasteiger partial charge on any atom is -0.390 e. The van der Waals surface area contributed by atoms with Crippen LogP contribution in [0.4, 0.5) is 13.2 Å². The Morgan fingerprint density at radius 2 is 1.80 bits per heavy atom. The van der Waals surface area contributed by atoms with E-state index in [2.05, 4.69) is 0 Å². The van der Waals surface area contributed by atoms with Crippen molar-refractivity contribution in [2.75, 3.05) is 0 Å². The van der Waals surface area contributed by atoms with E-state index in [0.29, 0.717) is 25.7 Å². The number of halogens is 3. The first-order valence-electron chi connectivity index (χ1n) is 5.35. The Balaban J connectivity index is 2.25. The fraction of sp³-hybridized carbons (Fsp3) is 1.00. The van der Waals surface area contributed by atoms with Crippen LogP contribution in [0.2, 0.25) is 0 Å². The topological polar surface area (TPSA) is 46.2 Å². The Morgan fingerprint density at radius 3 is 2.27 bits per heavy atom. The first kappa shape index (κ1) is 12.8. The van der Waals surface area contributed by atoms with Gasteiger partial charge in [-0.25, -0.2) is 0 Å². The fourth-order valence-electron chi connectivity index (χ4n) is 2.05. The molecule has 3 N–H and O–H groups in total. The Kier molecular flexibility index (Phi) is 4.00. The predicted octanol–water partition coefficient (Wildman–Crippen LogP) is 2.35. The number of hydrogen-bond acceptors (Lipinski definition) is 2. The van der Waals surface area contributed by atoms with Gasteiger partial charge in [0.05, 0.1) is 5.60 Å². The minimum absolute atomic E-state index is 0.00916. The van der Waals surface area contributed by atoms with Gasteiger partial charge >= 0.3 is 6.18 Å². The predicted molar refractivity (Wildman–Crippen MR) is 51.3 cm³/mol. The zero-order chi connectivity index (χ0) is 11.5. The molecule has 0 atom stereocenters. The van der Waals surface area contributed by atoms with Crippen molar-refractivity contribution in [2.45, 2.75) is 62.8 Å². The molecule has 15 heavy (non-hydrogen) atoms. The van der Waals surface area contributed by atoms with Gasteiger partial charge in [0.2, 0.25) is 0 Å². The first-order chi connectivity index (χ1) is 6.81. The summed E-state index contributed by atoms with van der Waals surface area (Å²) in [5, 5.41) is 9.96. The maximum Gasteiger partial charge on any atom is 0.389 e. The second-order valence-electron chi connectivity index (χ2n) is 4.53. The number of nitrogens with two attached hydrogens (primary N) is 1. The van der Waals surface area contributed by atoms with Gasteiger partial charge in [-0.1, -0.05) is 0 Å². The van der Waals surface area contributed by atoms with E-state index in [-0.39, 0.29) is 18.9 Å². The van der Waals surface area contributed by atoms with Crippen molar-refractivity contribution in [3.63, 3.8) is 0 Å². The quantitative estimate of drug-likeness (QED) is 0.774. The zero-order valence-corrected chi connectivity index (χ0v) is 8.69. The Morgan fingerprint density at radius 1 is 1.27 bits per heavy atom. The lowest BCUT2D eigenvalue weighted by atomic mass is 9.79. The zero-order valence-electron chi connectivity index (χ0n) is 8.69. The van der Waals surface area contributed by atoms with Crippen LogP contribution in [0.5, 0.6) is 0 Å². The van der Waals surface area contributed by atoms with E-state index in [0.717, 1.165) is 0 Å². The Labute approximate surface area is 87.6 Å². The van der Waals surface area contributed by atoms with Crippen molar-refractivity contribution in [1.82, 2.24) is 0 Å². The lowest BCUT2D eigenvalue weighted by Crippen LogP contribution is -2.38. The molecule has 0 saturated heterocycles. The lowest BCUT2D eigenvalue weighted by Gasteiger charge is -2.34. The molecule has 0 aromatic carbocycles. The number of aliphatic hydroxyl groups is 1. The van der Waals surface area contributed by atoms with Gasteiger partial charge in [-0.3, -0.25) is 0 Å². The minimum atomic E-state index is -4.11. The summed E-state index contributed by atoms with van der Waals surface area (Å²) in [4.78, 5) is 0. The molecule has 0 aliphatic heterocycles. The molecule has 5 heteroatoms. The Bertz CT molecular complexity index is 197. The molecule has 1 saturated carbocycles. The molecular weight excluding hydrogens is 207 g/mol. The van der Waals surface area contributed by atoms with Gasteiger partial charge in [0.15, 0.2) is 0 Å². The summed E-state index contributed by atoms with van der Waals surface area (Å²) in [6.07, 6.45) is -2.18. The molecule has 1 aliphatic rings. The molecule has 0 unspecified atom stereocenters. The summed E-state index contributed by atoms with van der Waals surface area (Å²) in [6.45, 7) is 0. The van der Waals surface area contributed by atoms with Crippen molar-refractivity contribution in [3.05, 3.63) is 0 Å². The molecule has 0 radical (unpaired) electrons. The third kappa shape index (κ3) is 4.84. The molecule has 0 amide bonds. The molecule has 0 bridgehead atoms. The van der Waals surface area contributed by atoms with E-state index in [1.54, 1.807) is 0 Å². The van der Waals surface area contributed by atoms with Gasteiger partial charge in [0.1, 0.15) is 0 Å². The van der Waals surface area contributed by atoms with Crippen LogP contribution in [0, 0.1) is 0 Å². The lowest BCUT2D eigenvalue weighted by molar-refractivity contribution is -0.138. The molecular formula is C10H18F3NO. The number of alkyl halides is 3. The molecule has 1 fully saturated rings. The van der Waals surface area contributed by atoms with Crippen LogP contribution in [-0.4, -0.2) is 22.9 Å². The third-order valence-corrected chi connectivity index (χ3v) is 3.06. The smallest absolute Gasteiger partial charge is 0.389 e. The van der Waals surface area contributed by atoms with Crippen LogP contribution in [0.25, 0.3) is 0 Å². The second kappa shape index (κ2) is 4.70. The van der Waals surface area contributed by atoms with E-state index in [4.69, 9.17) is 5.73 Å². The van der Waals surface area contributed by atoms with Gasteiger partial charge in [0, 0.05) is 12.5 Å². The van der Waals surface area contributed by atoms with Gasteiger partial charge < -0.3 is 10.8 Å². The van der Waals surface area contributed by atoms with Crippen molar-refractivity contribution >= 4 is 0 Å². The second-order valence-corrected chi connectivity index (χ2v) is 4.53. The number of rotatable bonds is 3. The molecule has 90 valence electrons. The highest BCUT2D eigenvalue weighted by atomic mass is 19.4. The third-order valence-electron chi connectivity index (χ3n) is 3.06. The SMILES string of the molecule is NC1CCC(O)(CCCC(F)(F)F)CC1. The molecule has 0 aromatic heterocycles. The summed E-state index contributed by atoms with van der Waals surface area (Å²) in [5.41, 5.74) is 4.76. The van der Waals surface area contributed by atoms with Crippen molar-refractivity contribution in [3.8, 4) is 0 Å². The van der Waals surface area contributed by atoms with Crippen LogP contribution < -0.4 is 5.73 Å². The normalized spacial score (nSPS) is 33.0. The van der Waals surface area contributed by atoms with Gasteiger partial charge in [-0.15, -0.1) is 0 Å². The van der Waals surface area contributed by atoms with Gasteiger partial charge in [0.25, 0.3) is 0 Å². The number of hydrogen-bond donors (Lipinski definition) is 2. The maximum absolute atomic E-state index is 11.9. The van der Waals surface area contributed by atoms with E-state index < -0.39 is 18.2 Å². The molecule has 1 rings (SSSR count). The molecule has 0 aromatic rings.